The van der Waals surface area contributed by atoms with Crippen LogP contribution in [0.3, 0.4) is 0 Å². The van der Waals surface area contributed by atoms with Crippen LogP contribution in [0.25, 0.3) is 0 Å². The third-order valence-electron chi connectivity index (χ3n) is 2.26. The van der Waals surface area contributed by atoms with Crippen LogP contribution >= 0.6 is 11.6 Å². The first-order valence-electron chi connectivity index (χ1n) is 4.80. The Kier molecular flexibility index (Phi) is 3.05. The predicted molar refractivity (Wildman–Crippen MR) is 57.5 cm³/mol. The van der Waals surface area contributed by atoms with Gasteiger partial charge >= 0.3 is 0 Å². The Morgan fingerprint density at radius 1 is 1.53 bits per heavy atom. The fourth-order valence-corrected chi connectivity index (χ4v) is 1.45. The summed E-state index contributed by atoms with van der Waals surface area (Å²) < 4.78 is 5.52. The molecule has 0 bridgehead atoms. The fraction of sp³-hybridized carbons (Fsp3) is 0.364. The van der Waals surface area contributed by atoms with Crippen molar-refractivity contribution in [3.8, 4) is 5.75 Å². The summed E-state index contributed by atoms with van der Waals surface area (Å²) >= 11 is 5.95. The van der Waals surface area contributed by atoms with Crippen LogP contribution in [0.2, 0.25) is 5.02 Å². The van der Waals surface area contributed by atoms with Crippen molar-refractivity contribution in [2.45, 2.75) is 12.8 Å². The summed E-state index contributed by atoms with van der Waals surface area (Å²) in [6.07, 6.45) is 3.95. The van der Waals surface area contributed by atoms with Crippen LogP contribution in [-0.2, 0) is 4.79 Å². The molecule has 0 atom stereocenters. The monoisotopic (exact) mass is 223 g/mol. The van der Waals surface area contributed by atoms with Crippen molar-refractivity contribution in [3.05, 3.63) is 23.2 Å². The van der Waals surface area contributed by atoms with Gasteiger partial charge in [-0.1, -0.05) is 11.6 Å². The molecule has 1 aliphatic rings. The van der Waals surface area contributed by atoms with Crippen LogP contribution in [0, 0.1) is 5.92 Å². The van der Waals surface area contributed by atoms with E-state index in [1.807, 2.05) is 0 Å². The lowest BCUT2D eigenvalue weighted by atomic mass is 10.3. The lowest BCUT2D eigenvalue weighted by Crippen LogP contribution is -1.98. The average molecular weight is 224 g/mol. The molecule has 1 saturated carbocycles. The number of nitrogens with zero attached hydrogens (tertiary/aromatic N) is 1. The number of rotatable bonds is 4. The molecule has 1 aliphatic carbocycles. The molecule has 78 valence electrons. The molecule has 0 unspecified atom stereocenters. The van der Waals surface area contributed by atoms with Crippen molar-refractivity contribution in [2.75, 3.05) is 6.61 Å². The average Bonchev–Trinajstić information content (AvgIpc) is 3.01. The van der Waals surface area contributed by atoms with E-state index in [-0.39, 0.29) is 0 Å². The summed E-state index contributed by atoms with van der Waals surface area (Å²) in [6, 6.07) is 4.99. The van der Waals surface area contributed by atoms with Gasteiger partial charge in [0, 0.05) is 0 Å². The molecule has 0 spiro atoms. The maximum absolute atomic E-state index is 10.0. The van der Waals surface area contributed by atoms with Crippen molar-refractivity contribution >= 4 is 23.4 Å². The van der Waals surface area contributed by atoms with Gasteiger partial charge in [-0.05, 0) is 37.0 Å². The lowest BCUT2D eigenvalue weighted by molar-refractivity contribution is 0.300. The molecule has 2 rings (SSSR count). The second-order valence-electron chi connectivity index (χ2n) is 3.57. The molecule has 1 aromatic carbocycles. The third kappa shape index (κ3) is 2.82. The third-order valence-corrected chi connectivity index (χ3v) is 2.56. The Balaban J connectivity index is 2.06. The molecule has 0 saturated heterocycles. The minimum Gasteiger partial charge on any atom is -0.492 e. The second-order valence-corrected chi connectivity index (χ2v) is 3.98. The van der Waals surface area contributed by atoms with E-state index in [2.05, 4.69) is 4.99 Å². The van der Waals surface area contributed by atoms with Crippen molar-refractivity contribution in [3.63, 3.8) is 0 Å². The molecule has 15 heavy (non-hydrogen) atoms. The van der Waals surface area contributed by atoms with E-state index in [4.69, 9.17) is 16.3 Å². The molecule has 4 heteroatoms. The number of carbonyl (C=O) groups excluding carboxylic acids is 1. The molecule has 0 radical (unpaired) electrons. The maximum atomic E-state index is 10.0. The summed E-state index contributed by atoms with van der Waals surface area (Å²) in [5.74, 6) is 1.34. The van der Waals surface area contributed by atoms with Crippen LogP contribution in [0.15, 0.2) is 23.2 Å². The van der Waals surface area contributed by atoms with Crippen LogP contribution in [0.5, 0.6) is 5.75 Å². The summed E-state index contributed by atoms with van der Waals surface area (Å²) in [5, 5.41) is 0.479. The normalized spacial score (nSPS) is 14.5. The van der Waals surface area contributed by atoms with Gasteiger partial charge < -0.3 is 4.74 Å². The van der Waals surface area contributed by atoms with Gasteiger partial charge in [0.2, 0.25) is 6.08 Å². The van der Waals surface area contributed by atoms with Gasteiger partial charge in [0.15, 0.2) is 0 Å². The molecule has 0 aromatic heterocycles. The van der Waals surface area contributed by atoms with E-state index in [1.165, 1.54) is 18.9 Å². The molecule has 3 nitrogen and oxygen atoms in total. The van der Waals surface area contributed by atoms with Crippen LogP contribution < -0.4 is 4.74 Å². The van der Waals surface area contributed by atoms with Crippen molar-refractivity contribution in [2.24, 2.45) is 10.9 Å². The van der Waals surface area contributed by atoms with Gasteiger partial charge in [-0.2, -0.15) is 4.99 Å². The van der Waals surface area contributed by atoms with Gasteiger partial charge in [-0.25, -0.2) is 4.79 Å². The number of hydrogen-bond acceptors (Lipinski definition) is 3. The highest BCUT2D eigenvalue weighted by Crippen LogP contribution is 2.33. The lowest BCUT2D eigenvalue weighted by Gasteiger charge is -2.06. The Morgan fingerprint density at radius 2 is 2.33 bits per heavy atom. The molecule has 1 fully saturated rings. The molecular weight excluding hydrogens is 214 g/mol. The highest BCUT2D eigenvalue weighted by Gasteiger charge is 2.22. The van der Waals surface area contributed by atoms with Crippen molar-refractivity contribution in [1.29, 1.82) is 0 Å². The van der Waals surface area contributed by atoms with E-state index >= 15 is 0 Å². The van der Waals surface area contributed by atoms with Crippen LogP contribution in [-0.4, -0.2) is 12.7 Å². The smallest absolute Gasteiger partial charge is 0.240 e. The molecule has 0 N–H and O–H groups in total. The number of aliphatic imine (C=N–C) groups is 1. The van der Waals surface area contributed by atoms with E-state index in [0.29, 0.717) is 22.4 Å². The Hall–Kier alpha value is -1.31. The second kappa shape index (κ2) is 4.47. The van der Waals surface area contributed by atoms with Gasteiger partial charge in [0.05, 0.1) is 17.3 Å². The van der Waals surface area contributed by atoms with E-state index in [9.17, 15) is 4.79 Å². The quantitative estimate of drug-likeness (QED) is 0.581. The fourth-order valence-electron chi connectivity index (χ4n) is 1.22. The predicted octanol–water partition coefficient (Wildman–Crippen LogP) is 3.10. The van der Waals surface area contributed by atoms with Gasteiger partial charge in [0.25, 0.3) is 0 Å². The first-order chi connectivity index (χ1) is 7.29. The number of ether oxygens (including phenoxy) is 1. The molecule has 1 aromatic rings. The molecular formula is C11H10ClNO2. The van der Waals surface area contributed by atoms with Crippen LogP contribution in [0.1, 0.15) is 12.8 Å². The van der Waals surface area contributed by atoms with Crippen molar-refractivity contribution < 1.29 is 9.53 Å². The van der Waals surface area contributed by atoms with Crippen LogP contribution in [0.4, 0.5) is 5.69 Å². The molecule has 0 aliphatic heterocycles. The Bertz CT molecular complexity index is 409. The maximum Gasteiger partial charge on any atom is 0.240 e. The zero-order valence-electron chi connectivity index (χ0n) is 8.07. The van der Waals surface area contributed by atoms with Gasteiger partial charge in [-0.15, -0.1) is 0 Å². The first-order valence-corrected chi connectivity index (χ1v) is 5.17. The van der Waals surface area contributed by atoms with Gasteiger partial charge in [0.1, 0.15) is 5.75 Å². The largest absolute Gasteiger partial charge is 0.492 e. The standard InChI is InChI=1S/C11H10ClNO2/c12-10-5-9(13-7-14)3-4-11(10)15-6-8-1-2-8/h3-5,8H,1-2,6H2. The zero-order chi connectivity index (χ0) is 10.7. The number of halogens is 1. The minimum atomic E-state index is 0.479. The summed E-state index contributed by atoms with van der Waals surface area (Å²) in [6.45, 7) is 0.718. The number of isocyanates is 1. The van der Waals surface area contributed by atoms with E-state index in [0.717, 1.165) is 6.61 Å². The first kappa shape index (κ1) is 10.2. The summed E-state index contributed by atoms with van der Waals surface area (Å²) in [5.41, 5.74) is 0.494. The van der Waals surface area contributed by atoms with Crippen molar-refractivity contribution in [1.82, 2.24) is 0 Å². The summed E-state index contributed by atoms with van der Waals surface area (Å²) in [4.78, 5) is 13.5. The Morgan fingerprint density at radius 3 is 2.93 bits per heavy atom. The molecule has 0 amide bonds. The SMILES string of the molecule is O=C=Nc1ccc(OCC2CC2)c(Cl)c1. The molecule has 0 heterocycles. The Labute approximate surface area is 92.7 Å². The summed E-state index contributed by atoms with van der Waals surface area (Å²) in [7, 11) is 0. The van der Waals surface area contributed by atoms with E-state index < -0.39 is 0 Å². The van der Waals surface area contributed by atoms with Gasteiger partial charge in [-0.3, -0.25) is 0 Å². The number of benzene rings is 1. The minimum absolute atomic E-state index is 0.479. The topological polar surface area (TPSA) is 38.7 Å². The highest BCUT2D eigenvalue weighted by molar-refractivity contribution is 6.32. The number of hydrogen-bond donors (Lipinski definition) is 0. The highest BCUT2D eigenvalue weighted by atomic mass is 35.5. The van der Waals surface area contributed by atoms with E-state index in [1.54, 1.807) is 18.2 Å². The zero-order valence-corrected chi connectivity index (χ0v) is 8.83.